The average molecular weight is 331 g/mol. The quantitative estimate of drug-likeness (QED) is 0.715. The fraction of sp³-hybridized carbons (Fsp3) is 0.471. The maximum Gasteiger partial charge on any atom is 0.324 e. The van der Waals surface area contributed by atoms with Crippen LogP contribution < -0.4 is 10.6 Å². The van der Waals surface area contributed by atoms with E-state index >= 15 is 0 Å². The van der Waals surface area contributed by atoms with Crippen LogP contribution in [0, 0.1) is 5.92 Å². The van der Waals surface area contributed by atoms with Gasteiger partial charge in [0.1, 0.15) is 0 Å². The average Bonchev–Trinajstić information content (AvgIpc) is 2.88. The van der Waals surface area contributed by atoms with Crippen molar-refractivity contribution in [3.05, 3.63) is 29.8 Å². The Bertz CT molecular complexity index is 637. The summed E-state index contributed by atoms with van der Waals surface area (Å²) in [6, 6.07) is 7.54. The Morgan fingerprint density at radius 1 is 1.25 bits per heavy atom. The van der Waals surface area contributed by atoms with Crippen LogP contribution in [0.1, 0.15) is 31.2 Å². The SMILES string of the molecule is O=C(O)C1CCC(Nc2cccc(CN3C(=O)CNC3=O)c2)CC1. The molecule has 7 heteroatoms. The first kappa shape index (κ1) is 16.3. The molecule has 1 saturated heterocycles. The third kappa shape index (κ3) is 3.67. The Morgan fingerprint density at radius 3 is 2.62 bits per heavy atom. The third-order valence-corrected chi connectivity index (χ3v) is 4.65. The zero-order valence-electron chi connectivity index (χ0n) is 13.3. The standard InChI is InChI=1S/C17H21N3O4/c21-15-9-18-17(24)20(15)10-11-2-1-3-14(8-11)19-13-6-4-12(5-7-13)16(22)23/h1-3,8,12-13,19H,4-7,9-10H2,(H,18,24)(H,22,23). The van der Waals surface area contributed by atoms with Gasteiger partial charge >= 0.3 is 12.0 Å². The second-order valence-corrected chi connectivity index (χ2v) is 6.37. The van der Waals surface area contributed by atoms with E-state index in [4.69, 9.17) is 5.11 Å². The molecule has 0 bridgehead atoms. The fourth-order valence-electron chi connectivity index (χ4n) is 3.28. The number of urea groups is 1. The van der Waals surface area contributed by atoms with Gasteiger partial charge in [0, 0.05) is 11.7 Å². The number of rotatable bonds is 5. The number of benzene rings is 1. The van der Waals surface area contributed by atoms with Crippen molar-refractivity contribution in [3.8, 4) is 0 Å². The van der Waals surface area contributed by atoms with E-state index in [0.29, 0.717) is 12.8 Å². The molecule has 1 aliphatic heterocycles. The number of hydrogen-bond donors (Lipinski definition) is 3. The van der Waals surface area contributed by atoms with Crippen LogP contribution in [-0.2, 0) is 16.1 Å². The van der Waals surface area contributed by atoms with E-state index in [2.05, 4.69) is 10.6 Å². The van der Waals surface area contributed by atoms with E-state index in [1.54, 1.807) is 0 Å². The summed E-state index contributed by atoms with van der Waals surface area (Å²) in [5, 5.41) is 15.0. The minimum Gasteiger partial charge on any atom is -0.481 e. The Hall–Kier alpha value is -2.57. The van der Waals surface area contributed by atoms with Crippen molar-refractivity contribution in [3.63, 3.8) is 0 Å². The predicted molar refractivity (Wildman–Crippen MR) is 87.4 cm³/mol. The molecule has 2 aliphatic rings. The van der Waals surface area contributed by atoms with Gasteiger partial charge in [0.15, 0.2) is 0 Å². The molecule has 128 valence electrons. The Balaban J connectivity index is 1.59. The fourth-order valence-corrected chi connectivity index (χ4v) is 3.28. The number of carboxylic acids is 1. The molecule has 1 aliphatic carbocycles. The molecule has 1 aromatic carbocycles. The van der Waals surface area contributed by atoms with Crippen LogP contribution in [0.25, 0.3) is 0 Å². The van der Waals surface area contributed by atoms with Crippen LogP contribution in [0.15, 0.2) is 24.3 Å². The summed E-state index contributed by atoms with van der Waals surface area (Å²) in [6.07, 6.45) is 3.03. The number of imide groups is 1. The monoisotopic (exact) mass is 331 g/mol. The summed E-state index contributed by atoms with van der Waals surface area (Å²) in [5.41, 5.74) is 1.81. The van der Waals surface area contributed by atoms with Gasteiger partial charge in [-0.05, 0) is 43.4 Å². The van der Waals surface area contributed by atoms with Crippen molar-refractivity contribution < 1.29 is 19.5 Å². The number of carboxylic acid groups (broad SMARTS) is 1. The van der Waals surface area contributed by atoms with E-state index in [1.807, 2.05) is 24.3 Å². The van der Waals surface area contributed by atoms with Gasteiger partial charge in [-0.1, -0.05) is 12.1 Å². The summed E-state index contributed by atoms with van der Waals surface area (Å²) in [6.45, 7) is 0.315. The summed E-state index contributed by atoms with van der Waals surface area (Å²) in [5.74, 6) is -1.15. The van der Waals surface area contributed by atoms with Crippen molar-refractivity contribution in [2.24, 2.45) is 5.92 Å². The molecular weight excluding hydrogens is 310 g/mol. The van der Waals surface area contributed by atoms with Crippen molar-refractivity contribution in [1.29, 1.82) is 0 Å². The first-order valence-electron chi connectivity index (χ1n) is 8.19. The predicted octanol–water partition coefficient (Wildman–Crippen LogP) is 1.79. The molecule has 2 fully saturated rings. The highest BCUT2D eigenvalue weighted by molar-refractivity contribution is 6.01. The van der Waals surface area contributed by atoms with Crippen LogP contribution in [-0.4, -0.2) is 40.5 Å². The van der Waals surface area contributed by atoms with Crippen molar-refractivity contribution in [2.75, 3.05) is 11.9 Å². The highest BCUT2D eigenvalue weighted by Crippen LogP contribution is 2.27. The van der Waals surface area contributed by atoms with Gasteiger partial charge in [-0.3, -0.25) is 14.5 Å². The molecule has 3 rings (SSSR count). The minimum atomic E-state index is -0.705. The highest BCUT2D eigenvalue weighted by Gasteiger charge is 2.28. The van der Waals surface area contributed by atoms with Gasteiger partial charge in [0.2, 0.25) is 5.91 Å². The molecule has 3 amide bonds. The highest BCUT2D eigenvalue weighted by atomic mass is 16.4. The second-order valence-electron chi connectivity index (χ2n) is 6.37. The van der Waals surface area contributed by atoms with Crippen LogP contribution in [0.4, 0.5) is 10.5 Å². The lowest BCUT2D eigenvalue weighted by molar-refractivity contribution is -0.142. The number of nitrogens with zero attached hydrogens (tertiary/aromatic N) is 1. The van der Waals surface area contributed by atoms with Crippen LogP contribution in [0.3, 0.4) is 0 Å². The summed E-state index contributed by atoms with van der Waals surface area (Å²) in [7, 11) is 0. The van der Waals surface area contributed by atoms with Gasteiger partial charge in [-0.2, -0.15) is 0 Å². The normalized spacial score (nSPS) is 23.9. The van der Waals surface area contributed by atoms with Gasteiger partial charge in [0.05, 0.1) is 19.0 Å². The maximum absolute atomic E-state index is 11.7. The number of nitrogens with one attached hydrogen (secondary N) is 2. The molecule has 3 N–H and O–H groups in total. The number of carbonyl (C=O) groups excluding carboxylic acids is 2. The van der Waals surface area contributed by atoms with Gasteiger partial charge in [0.25, 0.3) is 0 Å². The third-order valence-electron chi connectivity index (χ3n) is 4.65. The number of hydrogen-bond acceptors (Lipinski definition) is 4. The minimum absolute atomic E-state index is 0.0591. The number of aliphatic carboxylic acids is 1. The molecule has 0 atom stereocenters. The first-order valence-corrected chi connectivity index (χ1v) is 8.19. The van der Waals surface area contributed by atoms with Crippen molar-refractivity contribution in [2.45, 2.75) is 38.3 Å². The smallest absolute Gasteiger partial charge is 0.324 e. The van der Waals surface area contributed by atoms with Crippen LogP contribution in [0.2, 0.25) is 0 Å². The number of amides is 3. The second kappa shape index (κ2) is 6.90. The van der Waals surface area contributed by atoms with Crippen molar-refractivity contribution >= 4 is 23.6 Å². The topological polar surface area (TPSA) is 98.7 Å². The molecule has 7 nitrogen and oxygen atoms in total. The van der Waals surface area contributed by atoms with E-state index in [9.17, 15) is 14.4 Å². The Kier molecular flexibility index (Phi) is 4.69. The van der Waals surface area contributed by atoms with Gasteiger partial charge < -0.3 is 15.7 Å². The molecule has 1 saturated carbocycles. The molecule has 0 aromatic heterocycles. The van der Waals surface area contributed by atoms with Crippen LogP contribution in [0.5, 0.6) is 0 Å². The largest absolute Gasteiger partial charge is 0.481 e. The van der Waals surface area contributed by atoms with Gasteiger partial charge in [-0.25, -0.2) is 4.79 Å². The molecule has 1 heterocycles. The number of carbonyl (C=O) groups is 3. The van der Waals surface area contributed by atoms with E-state index in [-0.39, 0.29) is 37.0 Å². The zero-order valence-corrected chi connectivity index (χ0v) is 13.3. The molecule has 0 radical (unpaired) electrons. The van der Waals surface area contributed by atoms with Crippen molar-refractivity contribution in [1.82, 2.24) is 10.2 Å². The molecule has 0 unspecified atom stereocenters. The molecule has 0 spiro atoms. The lowest BCUT2D eigenvalue weighted by atomic mass is 9.86. The lowest BCUT2D eigenvalue weighted by Gasteiger charge is -2.27. The van der Waals surface area contributed by atoms with Gasteiger partial charge in [-0.15, -0.1) is 0 Å². The first-order chi connectivity index (χ1) is 11.5. The molecule has 24 heavy (non-hydrogen) atoms. The van der Waals surface area contributed by atoms with Crippen LogP contribution >= 0.6 is 0 Å². The van der Waals surface area contributed by atoms with E-state index in [1.165, 1.54) is 4.90 Å². The zero-order chi connectivity index (χ0) is 17.1. The summed E-state index contributed by atoms with van der Waals surface area (Å²) >= 11 is 0. The van der Waals surface area contributed by atoms with E-state index in [0.717, 1.165) is 24.1 Å². The molecular formula is C17H21N3O4. The lowest BCUT2D eigenvalue weighted by Crippen LogP contribution is -2.30. The summed E-state index contributed by atoms with van der Waals surface area (Å²) in [4.78, 5) is 35.5. The Morgan fingerprint density at radius 2 is 2.00 bits per heavy atom. The molecule has 1 aromatic rings. The summed E-state index contributed by atoms with van der Waals surface area (Å²) < 4.78 is 0. The number of anilines is 1. The van der Waals surface area contributed by atoms with E-state index < -0.39 is 5.97 Å². The maximum atomic E-state index is 11.7. The Labute approximate surface area is 140 Å².